The molecule has 1 N–H and O–H groups in total. The molecule has 2 amide bonds. The number of rotatable bonds is 6. The highest BCUT2D eigenvalue weighted by atomic mass is 16.5. The number of amides is 2. The molecule has 0 atom stereocenters. The lowest BCUT2D eigenvalue weighted by Crippen LogP contribution is -2.46. The number of nitrogens with zero attached hydrogens (tertiary/aromatic N) is 1. The molecule has 1 aliphatic heterocycles. The number of carbonyl (C=O) groups excluding carboxylic acids is 2. The predicted molar refractivity (Wildman–Crippen MR) is 109 cm³/mol. The molecule has 1 fully saturated rings. The zero-order valence-electron chi connectivity index (χ0n) is 16.9. The van der Waals surface area contributed by atoms with E-state index in [9.17, 15) is 9.59 Å². The number of piperidine rings is 1. The molecule has 0 saturated carbocycles. The third-order valence-corrected chi connectivity index (χ3v) is 5.07. The summed E-state index contributed by atoms with van der Waals surface area (Å²) < 4.78 is 16.0. The van der Waals surface area contributed by atoms with Gasteiger partial charge in [-0.05, 0) is 37.1 Å². The first-order valence-electron chi connectivity index (χ1n) is 9.52. The Kier molecular flexibility index (Phi) is 6.59. The highest BCUT2D eigenvalue weighted by Gasteiger charge is 2.26. The Morgan fingerprint density at radius 2 is 1.48 bits per heavy atom. The highest BCUT2D eigenvalue weighted by Crippen LogP contribution is 2.38. The third kappa shape index (κ3) is 4.62. The van der Waals surface area contributed by atoms with E-state index in [2.05, 4.69) is 5.32 Å². The van der Waals surface area contributed by atoms with Crippen molar-refractivity contribution in [2.24, 2.45) is 0 Å². The summed E-state index contributed by atoms with van der Waals surface area (Å²) >= 11 is 0. The molecular formula is C22H26N2O5. The number of methoxy groups -OCH3 is 3. The van der Waals surface area contributed by atoms with Gasteiger partial charge in [0.15, 0.2) is 11.5 Å². The first-order valence-corrected chi connectivity index (χ1v) is 9.52. The molecule has 0 bridgehead atoms. The molecule has 0 spiro atoms. The van der Waals surface area contributed by atoms with E-state index in [1.54, 1.807) is 29.2 Å². The van der Waals surface area contributed by atoms with Gasteiger partial charge in [0.1, 0.15) is 0 Å². The van der Waals surface area contributed by atoms with E-state index in [1.165, 1.54) is 21.3 Å². The molecule has 0 aromatic heterocycles. The summed E-state index contributed by atoms with van der Waals surface area (Å²) in [6, 6.07) is 12.5. The fraction of sp³-hybridized carbons (Fsp3) is 0.364. The maximum absolute atomic E-state index is 13.0. The van der Waals surface area contributed by atoms with Crippen molar-refractivity contribution in [1.82, 2.24) is 10.2 Å². The average molecular weight is 398 g/mol. The van der Waals surface area contributed by atoms with E-state index in [-0.39, 0.29) is 17.9 Å². The van der Waals surface area contributed by atoms with E-state index in [4.69, 9.17) is 14.2 Å². The van der Waals surface area contributed by atoms with Crippen molar-refractivity contribution >= 4 is 11.8 Å². The number of ether oxygens (including phenoxy) is 3. The van der Waals surface area contributed by atoms with Crippen LogP contribution in [0.4, 0.5) is 0 Å². The molecule has 2 aromatic rings. The third-order valence-electron chi connectivity index (χ3n) is 5.07. The van der Waals surface area contributed by atoms with Crippen LogP contribution in [-0.2, 0) is 0 Å². The van der Waals surface area contributed by atoms with Crippen molar-refractivity contribution in [2.75, 3.05) is 34.4 Å². The molecule has 0 unspecified atom stereocenters. The lowest BCUT2D eigenvalue weighted by molar-refractivity contribution is 0.0697. The van der Waals surface area contributed by atoms with E-state index in [0.29, 0.717) is 54.3 Å². The van der Waals surface area contributed by atoms with E-state index >= 15 is 0 Å². The van der Waals surface area contributed by atoms with Crippen molar-refractivity contribution < 1.29 is 23.8 Å². The average Bonchev–Trinajstić information content (AvgIpc) is 2.78. The lowest BCUT2D eigenvalue weighted by atomic mass is 10.0. The van der Waals surface area contributed by atoms with Gasteiger partial charge in [0.05, 0.1) is 21.3 Å². The van der Waals surface area contributed by atoms with Gasteiger partial charge in [0.2, 0.25) is 5.75 Å². The summed E-state index contributed by atoms with van der Waals surface area (Å²) in [6.45, 7) is 1.13. The topological polar surface area (TPSA) is 77.1 Å². The fourth-order valence-electron chi connectivity index (χ4n) is 3.47. The molecular weight excluding hydrogens is 372 g/mol. The van der Waals surface area contributed by atoms with E-state index < -0.39 is 0 Å². The second-order valence-corrected chi connectivity index (χ2v) is 6.82. The SMILES string of the molecule is COc1cc(C(=O)N2CCC(NC(=O)c3ccccc3)CC2)cc(OC)c1OC. The number of hydrogen-bond donors (Lipinski definition) is 1. The maximum Gasteiger partial charge on any atom is 0.254 e. The van der Waals surface area contributed by atoms with Crippen LogP contribution in [0.1, 0.15) is 33.6 Å². The van der Waals surface area contributed by atoms with Crippen LogP contribution >= 0.6 is 0 Å². The van der Waals surface area contributed by atoms with Gasteiger partial charge in [-0.2, -0.15) is 0 Å². The predicted octanol–water partition coefficient (Wildman–Crippen LogP) is 2.75. The number of likely N-dealkylation sites (tertiary alicyclic amines) is 1. The molecule has 2 aromatic carbocycles. The second-order valence-electron chi connectivity index (χ2n) is 6.82. The second kappa shape index (κ2) is 9.32. The van der Waals surface area contributed by atoms with Gasteiger partial charge in [0.25, 0.3) is 11.8 Å². The van der Waals surface area contributed by atoms with Crippen molar-refractivity contribution in [1.29, 1.82) is 0 Å². The van der Waals surface area contributed by atoms with Crippen LogP contribution in [0.3, 0.4) is 0 Å². The first-order chi connectivity index (χ1) is 14.1. The van der Waals surface area contributed by atoms with Crippen LogP contribution < -0.4 is 19.5 Å². The van der Waals surface area contributed by atoms with Crippen molar-refractivity contribution in [3.05, 3.63) is 53.6 Å². The number of benzene rings is 2. The van der Waals surface area contributed by atoms with Crippen LogP contribution in [0.2, 0.25) is 0 Å². The van der Waals surface area contributed by atoms with Gasteiger partial charge < -0.3 is 24.4 Å². The summed E-state index contributed by atoms with van der Waals surface area (Å²) in [5, 5.41) is 3.05. The van der Waals surface area contributed by atoms with Gasteiger partial charge in [-0.1, -0.05) is 18.2 Å². The molecule has 29 heavy (non-hydrogen) atoms. The van der Waals surface area contributed by atoms with Crippen LogP contribution in [0.5, 0.6) is 17.2 Å². The Balaban J connectivity index is 1.63. The summed E-state index contributed by atoms with van der Waals surface area (Å²) in [6.07, 6.45) is 1.41. The highest BCUT2D eigenvalue weighted by molar-refractivity contribution is 5.96. The van der Waals surface area contributed by atoms with Gasteiger partial charge in [0, 0.05) is 30.3 Å². The van der Waals surface area contributed by atoms with Gasteiger partial charge >= 0.3 is 0 Å². The fourth-order valence-corrected chi connectivity index (χ4v) is 3.47. The number of nitrogens with one attached hydrogen (secondary N) is 1. The molecule has 3 rings (SSSR count). The van der Waals surface area contributed by atoms with Crippen LogP contribution in [0.25, 0.3) is 0 Å². The molecule has 1 aliphatic rings. The van der Waals surface area contributed by atoms with Crippen molar-refractivity contribution in [3.8, 4) is 17.2 Å². The minimum atomic E-state index is -0.0999. The first kappa shape index (κ1) is 20.5. The summed E-state index contributed by atoms with van der Waals surface area (Å²) in [4.78, 5) is 27.1. The Labute approximate surface area is 170 Å². The Morgan fingerprint density at radius 3 is 2.00 bits per heavy atom. The molecule has 1 saturated heterocycles. The largest absolute Gasteiger partial charge is 0.493 e. The zero-order valence-corrected chi connectivity index (χ0v) is 16.9. The van der Waals surface area contributed by atoms with Crippen molar-refractivity contribution in [2.45, 2.75) is 18.9 Å². The van der Waals surface area contributed by atoms with Gasteiger partial charge in [-0.15, -0.1) is 0 Å². The van der Waals surface area contributed by atoms with Crippen LogP contribution in [0, 0.1) is 0 Å². The molecule has 7 nitrogen and oxygen atoms in total. The van der Waals surface area contributed by atoms with Gasteiger partial charge in [-0.25, -0.2) is 0 Å². The number of carbonyl (C=O) groups is 2. The Bertz CT molecular complexity index is 836. The molecule has 1 heterocycles. The lowest BCUT2D eigenvalue weighted by Gasteiger charge is -2.32. The monoisotopic (exact) mass is 398 g/mol. The van der Waals surface area contributed by atoms with E-state index in [1.807, 2.05) is 18.2 Å². The Morgan fingerprint density at radius 1 is 0.897 bits per heavy atom. The molecule has 7 heteroatoms. The van der Waals surface area contributed by atoms with E-state index in [0.717, 1.165) is 0 Å². The van der Waals surface area contributed by atoms with Crippen molar-refractivity contribution in [3.63, 3.8) is 0 Å². The van der Waals surface area contributed by atoms with Crippen LogP contribution in [0.15, 0.2) is 42.5 Å². The smallest absolute Gasteiger partial charge is 0.254 e. The summed E-state index contributed by atoms with van der Waals surface area (Å²) in [5.74, 6) is 1.16. The molecule has 0 aliphatic carbocycles. The standard InChI is InChI=1S/C22H26N2O5/c1-27-18-13-16(14-19(28-2)20(18)29-3)22(26)24-11-9-17(10-12-24)23-21(25)15-7-5-4-6-8-15/h4-8,13-14,17H,9-12H2,1-3H3,(H,23,25). The maximum atomic E-state index is 13.0. The normalized spacial score (nSPS) is 14.2. The van der Waals surface area contributed by atoms with Crippen LogP contribution in [-0.4, -0.2) is 57.2 Å². The number of hydrogen-bond acceptors (Lipinski definition) is 5. The summed E-state index contributed by atoms with van der Waals surface area (Å²) in [7, 11) is 4.56. The molecule has 0 radical (unpaired) electrons. The quantitative estimate of drug-likeness (QED) is 0.810. The minimum absolute atomic E-state index is 0.0479. The molecule has 154 valence electrons. The summed E-state index contributed by atoms with van der Waals surface area (Å²) in [5.41, 5.74) is 1.12. The minimum Gasteiger partial charge on any atom is -0.493 e. The van der Waals surface area contributed by atoms with Gasteiger partial charge in [-0.3, -0.25) is 9.59 Å². The Hall–Kier alpha value is -3.22. The zero-order chi connectivity index (χ0) is 20.8.